The molecule has 19 heavy (non-hydrogen) atoms. The first-order chi connectivity index (χ1) is 8.97. The van der Waals surface area contributed by atoms with E-state index >= 15 is 0 Å². The lowest BCUT2D eigenvalue weighted by Crippen LogP contribution is -2.66. The van der Waals surface area contributed by atoms with Crippen LogP contribution in [0.4, 0.5) is 4.79 Å². The van der Waals surface area contributed by atoms with E-state index < -0.39 is 17.4 Å². The molecule has 1 saturated carbocycles. The van der Waals surface area contributed by atoms with Gasteiger partial charge in [0.15, 0.2) is 0 Å². The summed E-state index contributed by atoms with van der Waals surface area (Å²) in [5.41, 5.74) is -0.123. The maximum absolute atomic E-state index is 12.2. The number of carbonyl (C=O) groups excluding carboxylic acids is 3. The Labute approximate surface area is 111 Å². The summed E-state index contributed by atoms with van der Waals surface area (Å²) < 4.78 is 5.28. The van der Waals surface area contributed by atoms with Crippen molar-refractivity contribution in [1.29, 1.82) is 0 Å². The van der Waals surface area contributed by atoms with Crippen LogP contribution in [-0.2, 0) is 14.3 Å². The molecule has 1 saturated heterocycles. The highest BCUT2D eigenvalue weighted by atomic mass is 16.5. The van der Waals surface area contributed by atoms with Crippen LogP contribution in [0.5, 0.6) is 0 Å². The molecule has 0 radical (unpaired) electrons. The van der Waals surface area contributed by atoms with Gasteiger partial charge >= 0.3 is 6.03 Å². The standard InChI is InChI=1S/C13H18N2O4/c1-9(2)8-19-7-6-15-11(17)13(4-3-5-13)10(16)14-12(15)18/h1,3-8H2,2H3,(H,14,16,18). The van der Waals surface area contributed by atoms with Crippen LogP contribution in [0.15, 0.2) is 12.2 Å². The van der Waals surface area contributed by atoms with Crippen molar-refractivity contribution in [1.82, 2.24) is 10.2 Å². The van der Waals surface area contributed by atoms with E-state index in [2.05, 4.69) is 11.9 Å². The molecule has 0 atom stereocenters. The van der Waals surface area contributed by atoms with Gasteiger partial charge in [0.25, 0.3) is 0 Å². The Hall–Kier alpha value is -1.69. The molecule has 0 bridgehead atoms. The van der Waals surface area contributed by atoms with E-state index in [1.165, 1.54) is 0 Å². The van der Waals surface area contributed by atoms with Crippen molar-refractivity contribution in [2.45, 2.75) is 26.2 Å². The molecule has 0 aromatic heterocycles. The summed E-state index contributed by atoms with van der Waals surface area (Å²) in [5, 5.41) is 2.26. The van der Waals surface area contributed by atoms with Crippen molar-refractivity contribution in [3.8, 4) is 0 Å². The molecule has 1 aliphatic carbocycles. The van der Waals surface area contributed by atoms with Crippen LogP contribution in [0.3, 0.4) is 0 Å². The number of nitrogens with zero attached hydrogens (tertiary/aromatic N) is 1. The first-order valence-corrected chi connectivity index (χ1v) is 6.37. The van der Waals surface area contributed by atoms with Gasteiger partial charge in [-0.1, -0.05) is 18.6 Å². The molecule has 2 aliphatic rings. The number of nitrogens with one attached hydrogen (secondary N) is 1. The Morgan fingerprint density at radius 2 is 2.11 bits per heavy atom. The summed E-state index contributed by atoms with van der Waals surface area (Å²) >= 11 is 0. The lowest BCUT2D eigenvalue weighted by molar-refractivity contribution is -0.158. The first-order valence-electron chi connectivity index (χ1n) is 6.37. The molecule has 0 unspecified atom stereocenters. The molecule has 1 spiro atoms. The van der Waals surface area contributed by atoms with Crippen LogP contribution in [0.2, 0.25) is 0 Å². The molecule has 1 aliphatic heterocycles. The van der Waals surface area contributed by atoms with Gasteiger partial charge in [0.1, 0.15) is 5.41 Å². The van der Waals surface area contributed by atoms with E-state index in [1.54, 1.807) is 0 Å². The highest BCUT2D eigenvalue weighted by molar-refractivity contribution is 6.19. The molecule has 1 heterocycles. The van der Waals surface area contributed by atoms with Crippen molar-refractivity contribution in [2.75, 3.05) is 19.8 Å². The summed E-state index contributed by atoms with van der Waals surface area (Å²) in [4.78, 5) is 36.8. The molecule has 1 N–H and O–H groups in total. The average Bonchev–Trinajstić information content (AvgIpc) is 2.25. The Morgan fingerprint density at radius 3 is 2.63 bits per heavy atom. The minimum atomic E-state index is -0.998. The normalized spacial score (nSPS) is 21.3. The number of amides is 4. The van der Waals surface area contributed by atoms with E-state index in [4.69, 9.17) is 4.74 Å². The van der Waals surface area contributed by atoms with Gasteiger partial charge in [-0.2, -0.15) is 0 Å². The minimum absolute atomic E-state index is 0.160. The summed E-state index contributed by atoms with van der Waals surface area (Å²) in [7, 11) is 0. The lowest BCUT2D eigenvalue weighted by atomic mass is 9.66. The van der Waals surface area contributed by atoms with E-state index in [0.29, 0.717) is 19.4 Å². The third kappa shape index (κ3) is 2.40. The van der Waals surface area contributed by atoms with Gasteiger partial charge in [0.05, 0.1) is 19.8 Å². The van der Waals surface area contributed by atoms with Crippen LogP contribution in [0.25, 0.3) is 0 Å². The summed E-state index contributed by atoms with van der Waals surface area (Å²) in [5.74, 6) is -0.834. The second-order valence-electron chi connectivity index (χ2n) is 5.16. The fourth-order valence-corrected chi connectivity index (χ4v) is 2.31. The van der Waals surface area contributed by atoms with Crippen molar-refractivity contribution in [2.24, 2.45) is 5.41 Å². The molecular weight excluding hydrogens is 248 g/mol. The molecule has 4 amide bonds. The van der Waals surface area contributed by atoms with E-state index in [1.807, 2.05) is 6.92 Å². The lowest BCUT2D eigenvalue weighted by Gasteiger charge is -2.44. The third-order valence-electron chi connectivity index (χ3n) is 3.57. The van der Waals surface area contributed by atoms with Crippen molar-refractivity contribution < 1.29 is 19.1 Å². The quantitative estimate of drug-likeness (QED) is 0.454. The van der Waals surface area contributed by atoms with E-state index in [0.717, 1.165) is 16.9 Å². The fourth-order valence-electron chi connectivity index (χ4n) is 2.31. The van der Waals surface area contributed by atoms with Crippen molar-refractivity contribution >= 4 is 17.8 Å². The number of hydrogen-bond acceptors (Lipinski definition) is 4. The highest BCUT2D eigenvalue weighted by Crippen LogP contribution is 2.44. The van der Waals surface area contributed by atoms with Crippen molar-refractivity contribution in [3.05, 3.63) is 12.2 Å². The molecular formula is C13H18N2O4. The molecule has 0 aromatic carbocycles. The fraction of sp³-hybridized carbons (Fsp3) is 0.615. The number of barbiturate groups is 1. The SMILES string of the molecule is C=C(C)COCCN1C(=O)NC(=O)C2(CCC2)C1=O. The largest absolute Gasteiger partial charge is 0.375 e. The Morgan fingerprint density at radius 1 is 1.42 bits per heavy atom. The monoisotopic (exact) mass is 266 g/mol. The Bertz CT molecular complexity index is 440. The number of carbonyl (C=O) groups is 3. The molecule has 2 rings (SSSR count). The Kier molecular flexibility index (Phi) is 3.71. The average molecular weight is 266 g/mol. The van der Waals surface area contributed by atoms with Crippen LogP contribution in [0, 0.1) is 5.41 Å². The summed E-state index contributed by atoms with van der Waals surface area (Å²) in [6, 6.07) is -0.647. The molecule has 0 aromatic rings. The predicted octanol–water partition coefficient (Wildman–Crippen LogP) is 0.828. The topological polar surface area (TPSA) is 75.7 Å². The summed E-state index contributed by atoms with van der Waals surface area (Å²) in [6.45, 7) is 6.33. The molecule has 2 fully saturated rings. The van der Waals surface area contributed by atoms with E-state index in [-0.39, 0.29) is 19.1 Å². The summed E-state index contributed by atoms with van der Waals surface area (Å²) in [6.07, 6.45) is 1.88. The number of urea groups is 1. The second-order valence-corrected chi connectivity index (χ2v) is 5.16. The van der Waals surface area contributed by atoms with Crippen LogP contribution in [-0.4, -0.2) is 42.5 Å². The third-order valence-corrected chi connectivity index (χ3v) is 3.57. The van der Waals surface area contributed by atoms with Crippen LogP contribution >= 0.6 is 0 Å². The van der Waals surface area contributed by atoms with Crippen molar-refractivity contribution in [3.63, 3.8) is 0 Å². The minimum Gasteiger partial charge on any atom is -0.375 e. The maximum atomic E-state index is 12.2. The van der Waals surface area contributed by atoms with E-state index in [9.17, 15) is 14.4 Å². The van der Waals surface area contributed by atoms with Crippen LogP contribution < -0.4 is 5.32 Å². The number of ether oxygens (including phenoxy) is 1. The van der Waals surface area contributed by atoms with Gasteiger partial charge in [0, 0.05) is 0 Å². The maximum Gasteiger partial charge on any atom is 0.330 e. The van der Waals surface area contributed by atoms with Gasteiger partial charge in [0.2, 0.25) is 11.8 Å². The Balaban J connectivity index is 1.95. The zero-order chi connectivity index (χ0) is 14.0. The smallest absolute Gasteiger partial charge is 0.330 e. The van der Waals surface area contributed by atoms with Gasteiger partial charge in [-0.25, -0.2) is 4.79 Å². The first kappa shape index (κ1) is 13.7. The number of hydrogen-bond donors (Lipinski definition) is 1. The number of rotatable bonds is 5. The van der Waals surface area contributed by atoms with Gasteiger partial charge in [-0.3, -0.25) is 19.8 Å². The molecule has 6 nitrogen and oxygen atoms in total. The van der Waals surface area contributed by atoms with Gasteiger partial charge < -0.3 is 4.74 Å². The zero-order valence-electron chi connectivity index (χ0n) is 11.0. The molecule has 6 heteroatoms. The predicted molar refractivity (Wildman–Crippen MR) is 67.2 cm³/mol. The van der Waals surface area contributed by atoms with Gasteiger partial charge in [-0.05, 0) is 19.8 Å². The molecule has 104 valence electrons. The zero-order valence-corrected chi connectivity index (χ0v) is 11.0. The van der Waals surface area contributed by atoms with Gasteiger partial charge in [-0.15, -0.1) is 0 Å². The number of imide groups is 2. The highest BCUT2D eigenvalue weighted by Gasteiger charge is 2.57. The second kappa shape index (κ2) is 5.13. The van der Waals surface area contributed by atoms with Crippen LogP contribution in [0.1, 0.15) is 26.2 Å².